The minimum absolute atomic E-state index is 0.0225. The van der Waals surface area contributed by atoms with Crippen LogP contribution in [0.1, 0.15) is 56.3 Å². The zero-order valence-electron chi connectivity index (χ0n) is 10.6. The Kier molecular flexibility index (Phi) is 3.94. The van der Waals surface area contributed by atoms with E-state index in [-0.39, 0.29) is 11.5 Å². The highest BCUT2D eigenvalue weighted by Gasteiger charge is 2.17. The Hall–Kier alpha value is -1.16. The van der Waals surface area contributed by atoms with Gasteiger partial charge in [0.25, 0.3) is 5.56 Å². The van der Waals surface area contributed by atoms with Gasteiger partial charge in [-0.2, -0.15) is 0 Å². The Morgan fingerprint density at radius 1 is 1.41 bits per heavy atom. The number of H-pyrrole nitrogens is 1. The molecule has 2 rings (SSSR count). The SMILES string of the molecule is CC(C)c1cnc(C2CCCCNC2)[nH]c1=O. The highest BCUT2D eigenvalue weighted by atomic mass is 16.1. The molecule has 1 unspecified atom stereocenters. The Labute approximate surface area is 102 Å². The van der Waals surface area contributed by atoms with Gasteiger partial charge in [0.2, 0.25) is 0 Å². The predicted octanol–water partition coefficient (Wildman–Crippen LogP) is 1.75. The van der Waals surface area contributed by atoms with E-state index in [4.69, 9.17) is 0 Å². The maximum Gasteiger partial charge on any atom is 0.254 e. The van der Waals surface area contributed by atoms with Crippen molar-refractivity contribution in [3.8, 4) is 0 Å². The van der Waals surface area contributed by atoms with E-state index in [1.54, 1.807) is 6.20 Å². The van der Waals surface area contributed by atoms with E-state index in [9.17, 15) is 4.79 Å². The van der Waals surface area contributed by atoms with Gasteiger partial charge in [-0.05, 0) is 25.3 Å². The number of nitrogens with zero attached hydrogens (tertiary/aromatic N) is 1. The minimum atomic E-state index is 0.0225. The lowest BCUT2D eigenvalue weighted by Crippen LogP contribution is -2.24. The molecule has 0 aliphatic carbocycles. The molecule has 0 radical (unpaired) electrons. The molecule has 1 aromatic rings. The monoisotopic (exact) mass is 235 g/mol. The number of hydrogen-bond acceptors (Lipinski definition) is 3. The molecule has 94 valence electrons. The van der Waals surface area contributed by atoms with Crippen LogP contribution < -0.4 is 10.9 Å². The first-order chi connectivity index (χ1) is 8.18. The van der Waals surface area contributed by atoms with Crippen LogP contribution >= 0.6 is 0 Å². The normalized spacial score (nSPS) is 21.5. The molecule has 1 fully saturated rings. The van der Waals surface area contributed by atoms with E-state index in [0.717, 1.165) is 30.9 Å². The molecule has 0 bridgehead atoms. The van der Waals surface area contributed by atoms with Crippen LogP contribution in [0.5, 0.6) is 0 Å². The first-order valence-corrected chi connectivity index (χ1v) is 6.48. The van der Waals surface area contributed by atoms with Crippen molar-refractivity contribution in [3.05, 3.63) is 27.9 Å². The van der Waals surface area contributed by atoms with Gasteiger partial charge in [-0.1, -0.05) is 20.3 Å². The fraction of sp³-hybridized carbons (Fsp3) is 0.692. The molecule has 1 saturated heterocycles. The molecule has 0 aromatic carbocycles. The van der Waals surface area contributed by atoms with Crippen LogP contribution in [0, 0.1) is 0 Å². The van der Waals surface area contributed by atoms with Crippen LogP contribution in [-0.2, 0) is 0 Å². The zero-order valence-corrected chi connectivity index (χ0v) is 10.6. The van der Waals surface area contributed by atoms with Gasteiger partial charge in [-0.3, -0.25) is 4.79 Å². The van der Waals surface area contributed by atoms with Crippen molar-refractivity contribution in [3.63, 3.8) is 0 Å². The summed E-state index contributed by atoms with van der Waals surface area (Å²) in [6.07, 6.45) is 5.26. The Morgan fingerprint density at radius 2 is 2.24 bits per heavy atom. The molecular weight excluding hydrogens is 214 g/mol. The van der Waals surface area contributed by atoms with Crippen molar-refractivity contribution >= 4 is 0 Å². The Balaban J connectivity index is 2.21. The molecule has 1 aliphatic rings. The standard InChI is InChI=1S/C13H21N3O/c1-9(2)11-8-15-12(16-13(11)17)10-5-3-4-6-14-7-10/h8-10,14H,3-7H2,1-2H3,(H,15,16,17). The fourth-order valence-corrected chi connectivity index (χ4v) is 2.29. The molecule has 4 nitrogen and oxygen atoms in total. The average Bonchev–Trinajstić information content (AvgIpc) is 2.56. The van der Waals surface area contributed by atoms with Crippen molar-refractivity contribution in [2.75, 3.05) is 13.1 Å². The molecule has 1 atom stereocenters. The van der Waals surface area contributed by atoms with Gasteiger partial charge in [0.1, 0.15) is 5.82 Å². The van der Waals surface area contributed by atoms with Crippen molar-refractivity contribution in [2.45, 2.75) is 44.9 Å². The maximum atomic E-state index is 11.9. The minimum Gasteiger partial charge on any atom is -0.316 e. The van der Waals surface area contributed by atoms with Crippen LogP contribution in [0.15, 0.2) is 11.0 Å². The number of hydrogen-bond donors (Lipinski definition) is 2. The van der Waals surface area contributed by atoms with Crippen molar-refractivity contribution < 1.29 is 0 Å². The molecule has 0 amide bonds. The van der Waals surface area contributed by atoms with Crippen LogP contribution in [-0.4, -0.2) is 23.1 Å². The smallest absolute Gasteiger partial charge is 0.254 e. The second kappa shape index (κ2) is 5.45. The molecule has 1 aromatic heterocycles. The van der Waals surface area contributed by atoms with E-state index in [1.165, 1.54) is 12.8 Å². The Bertz CT molecular complexity index is 417. The lowest BCUT2D eigenvalue weighted by molar-refractivity contribution is 0.573. The largest absolute Gasteiger partial charge is 0.316 e. The average molecular weight is 235 g/mol. The van der Waals surface area contributed by atoms with Crippen molar-refractivity contribution in [1.29, 1.82) is 0 Å². The molecular formula is C13H21N3O. The lowest BCUT2D eigenvalue weighted by atomic mass is 10.0. The topological polar surface area (TPSA) is 57.8 Å². The van der Waals surface area contributed by atoms with Crippen molar-refractivity contribution in [1.82, 2.24) is 15.3 Å². The number of nitrogens with one attached hydrogen (secondary N) is 2. The summed E-state index contributed by atoms with van der Waals surface area (Å²) in [5.74, 6) is 1.42. The molecule has 1 aliphatic heterocycles. The third-order valence-electron chi connectivity index (χ3n) is 3.40. The van der Waals surface area contributed by atoms with Gasteiger partial charge in [-0.25, -0.2) is 4.98 Å². The van der Waals surface area contributed by atoms with Crippen molar-refractivity contribution in [2.24, 2.45) is 0 Å². The van der Waals surface area contributed by atoms with E-state index in [2.05, 4.69) is 15.3 Å². The van der Waals surface area contributed by atoms with Gasteiger partial charge >= 0.3 is 0 Å². The van der Waals surface area contributed by atoms with Gasteiger partial charge < -0.3 is 10.3 Å². The van der Waals surface area contributed by atoms with Gasteiger partial charge in [-0.15, -0.1) is 0 Å². The molecule has 0 spiro atoms. The van der Waals surface area contributed by atoms with Crippen LogP contribution in [0.4, 0.5) is 0 Å². The molecule has 2 N–H and O–H groups in total. The first-order valence-electron chi connectivity index (χ1n) is 6.48. The maximum absolute atomic E-state index is 11.9. The second-order valence-electron chi connectivity index (χ2n) is 5.10. The highest BCUT2D eigenvalue weighted by Crippen LogP contribution is 2.19. The Morgan fingerprint density at radius 3 is 2.94 bits per heavy atom. The quantitative estimate of drug-likeness (QED) is 0.821. The predicted molar refractivity (Wildman–Crippen MR) is 68.4 cm³/mol. The van der Waals surface area contributed by atoms with Crippen LogP contribution in [0.3, 0.4) is 0 Å². The van der Waals surface area contributed by atoms with E-state index >= 15 is 0 Å². The molecule has 4 heteroatoms. The van der Waals surface area contributed by atoms with E-state index in [0.29, 0.717) is 5.92 Å². The summed E-state index contributed by atoms with van der Waals surface area (Å²) < 4.78 is 0. The zero-order chi connectivity index (χ0) is 12.3. The molecule has 17 heavy (non-hydrogen) atoms. The van der Waals surface area contributed by atoms with Crippen LogP contribution in [0.2, 0.25) is 0 Å². The van der Waals surface area contributed by atoms with E-state index in [1.807, 2.05) is 13.8 Å². The summed E-state index contributed by atoms with van der Waals surface area (Å²) in [6.45, 7) is 6.02. The summed E-state index contributed by atoms with van der Waals surface area (Å²) >= 11 is 0. The summed E-state index contributed by atoms with van der Waals surface area (Å²) in [5, 5.41) is 3.39. The number of aromatic nitrogens is 2. The van der Waals surface area contributed by atoms with E-state index < -0.39 is 0 Å². The number of aromatic amines is 1. The summed E-state index contributed by atoms with van der Waals surface area (Å²) in [6, 6.07) is 0. The van der Waals surface area contributed by atoms with Gasteiger partial charge in [0, 0.05) is 24.2 Å². The molecule has 2 heterocycles. The first kappa shape index (κ1) is 12.3. The van der Waals surface area contributed by atoms with Gasteiger partial charge in [0.15, 0.2) is 0 Å². The fourth-order valence-electron chi connectivity index (χ4n) is 2.29. The third-order valence-corrected chi connectivity index (χ3v) is 3.40. The van der Waals surface area contributed by atoms with Gasteiger partial charge in [0.05, 0.1) is 0 Å². The highest BCUT2D eigenvalue weighted by molar-refractivity contribution is 5.12. The van der Waals surface area contributed by atoms with Crippen LogP contribution in [0.25, 0.3) is 0 Å². The summed E-state index contributed by atoms with van der Waals surface area (Å²) in [5.41, 5.74) is 0.796. The summed E-state index contributed by atoms with van der Waals surface area (Å²) in [4.78, 5) is 19.3. The molecule has 0 saturated carbocycles. The second-order valence-corrected chi connectivity index (χ2v) is 5.10. The lowest BCUT2D eigenvalue weighted by Gasteiger charge is -2.14. The third kappa shape index (κ3) is 2.94. The number of rotatable bonds is 2. The summed E-state index contributed by atoms with van der Waals surface area (Å²) in [7, 11) is 0.